The average Bonchev–Trinajstić information content (AvgIpc) is 2.48. The molecule has 1 aliphatic carbocycles. The second-order valence-corrected chi connectivity index (χ2v) is 8.93. The second-order valence-electron chi connectivity index (χ2n) is 8.93. The van der Waals surface area contributed by atoms with Gasteiger partial charge in [-0.2, -0.15) is 0 Å². The summed E-state index contributed by atoms with van der Waals surface area (Å²) in [5.74, 6) is 0.561. The lowest BCUT2D eigenvalue weighted by molar-refractivity contribution is 0.154. The quantitative estimate of drug-likeness (QED) is 0.692. The van der Waals surface area contributed by atoms with Crippen molar-refractivity contribution in [2.24, 2.45) is 10.8 Å². The van der Waals surface area contributed by atoms with E-state index in [4.69, 9.17) is 0 Å². The van der Waals surface area contributed by atoms with Crippen molar-refractivity contribution in [3.8, 4) is 11.5 Å². The largest absolute Gasteiger partial charge is 0.508 e. The first kappa shape index (κ1) is 17.6. The van der Waals surface area contributed by atoms with E-state index in [9.17, 15) is 10.2 Å². The Morgan fingerprint density at radius 1 is 0.680 bits per heavy atom. The maximum Gasteiger partial charge on any atom is 0.115 e. The first-order valence-corrected chi connectivity index (χ1v) is 8.96. The number of hydrogen-bond acceptors (Lipinski definition) is 2. The first-order valence-electron chi connectivity index (χ1n) is 8.96. The summed E-state index contributed by atoms with van der Waals surface area (Å²) < 4.78 is 0. The van der Waals surface area contributed by atoms with E-state index in [1.54, 1.807) is 24.3 Å². The van der Waals surface area contributed by atoms with Crippen molar-refractivity contribution in [3.05, 3.63) is 65.2 Å². The summed E-state index contributed by atoms with van der Waals surface area (Å²) in [4.78, 5) is 0. The molecule has 0 spiro atoms. The molecule has 0 saturated heterocycles. The molecule has 2 aromatic rings. The van der Waals surface area contributed by atoms with Gasteiger partial charge in [0.25, 0.3) is 0 Å². The average molecular weight is 336 g/mol. The molecule has 1 saturated carbocycles. The SMILES string of the molecule is CC1(C)CC(=C(c2ccc(O)cc2)c2ccc(O)cc2)CC(C)(C)C1. The van der Waals surface area contributed by atoms with Gasteiger partial charge in [-0.1, -0.05) is 57.5 Å². The highest BCUT2D eigenvalue weighted by atomic mass is 16.3. The molecule has 0 heterocycles. The molecule has 0 atom stereocenters. The molecule has 0 unspecified atom stereocenters. The Morgan fingerprint density at radius 2 is 1.04 bits per heavy atom. The summed E-state index contributed by atoms with van der Waals surface area (Å²) in [5.41, 5.74) is 5.45. The van der Waals surface area contributed by atoms with Crippen molar-refractivity contribution >= 4 is 5.57 Å². The fourth-order valence-electron chi connectivity index (χ4n) is 4.65. The van der Waals surface area contributed by atoms with Crippen LogP contribution in [0.2, 0.25) is 0 Å². The van der Waals surface area contributed by atoms with E-state index in [1.807, 2.05) is 24.3 Å². The molecule has 2 nitrogen and oxygen atoms in total. The van der Waals surface area contributed by atoms with E-state index in [0.717, 1.165) is 24.0 Å². The van der Waals surface area contributed by atoms with Gasteiger partial charge in [0.15, 0.2) is 0 Å². The first-order chi connectivity index (χ1) is 11.7. The van der Waals surface area contributed by atoms with Crippen LogP contribution in [0.5, 0.6) is 11.5 Å². The normalized spacial score (nSPS) is 18.8. The molecule has 0 aliphatic heterocycles. The summed E-state index contributed by atoms with van der Waals surface area (Å²) in [5, 5.41) is 19.3. The predicted molar refractivity (Wildman–Crippen MR) is 104 cm³/mol. The monoisotopic (exact) mass is 336 g/mol. The van der Waals surface area contributed by atoms with E-state index in [-0.39, 0.29) is 22.3 Å². The minimum atomic E-state index is 0.260. The van der Waals surface area contributed by atoms with Crippen LogP contribution in [0.3, 0.4) is 0 Å². The van der Waals surface area contributed by atoms with Crippen LogP contribution in [0.25, 0.3) is 5.57 Å². The van der Waals surface area contributed by atoms with Crippen LogP contribution in [0.1, 0.15) is 58.1 Å². The third-order valence-corrected chi connectivity index (χ3v) is 5.01. The molecule has 25 heavy (non-hydrogen) atoms. The molecule has 0 amide bonds. The molecule has 0 radical (unpaired) electrons. The fraction of sp³-hybridized carbons (Fsp3) is 0.391. The summed E-state index contributed by atoms with van der Waals surface area (Å²) in [6, 6.07) is 14.9. The van der Waals surface area contributed by atoms with Crippen molar-refractivity contribution in [2.45, 2.75) is 47.0 Å². The van der Waals surface area contributed by atoms with Crippen molar-refractivity contribution in [3.63, 3.8) is 0 Å². The molecule has 0 bridgehead atoms. The zero-order chi connectivity index (χ0) is 18.2. The van der Waals surface area contributed by atoms with Gasteiger partial charge in [-0.05, 0) is 71.1 Å². The van der Waals surface area contributed by atoms with E-state index in [1.165, 1.54) is 17.6 Å². The summed E-state index contributed by atoms with van der Waals surface area (Å²) in [7, 11) is 0. The van der Waals surface area contributed by atoms with Gasteiger partial charge in [0.05, 0.1) is 0 Å². The number of phenolic OH excluding ortho intramolecular Hbond substituents is 2. The van der Waals surface area contributed by atoms with E-state index in [2.05, 4.69) is 27.7 Å². The number of phenols is 2. The molecule has 0 aromatic heterocycles. The maximum atomic E-state index is 9.67. The van der Waals surface area contributed by atoms with Gasteiger partial charge in [0, 0.05) is 0 Å². The summed E-state index contributed by atoms with van der Waals surface area (Å²) in [6.07, 6.45) is 3.34. The number of hydrogen-bond donors (Lipinski definition) is 2. The molecule has 2 aromatic carbocycles. The highest BCUT2D eigenvalue weighted by Gasteiger charge is 2.37. The Hall–Kier alpha value is -2.22. The number of benzene rings is 2. The standard InChI is InChI=1S/C23H28O2/c1-22(2)13-18(14-23(3,4)15-22)21(16-5-9-19(24)10-6-16)17-7-11-20(25)12-8-17/h5-12,24-25H,13-15H2,1-4H3. The van der Waals surface area contributed by atoms with Gasteiger partial charge in [-0.3, -0.25) is 0 Å². The molecule has 2 heteroatoms. The smallest absolute Gasteiger partial charge is 0.115 e. The van der Waals surface area contributed by atoms with Gasteiger partial charge in [-0.25, -0.2) is 0 Å². The van der Waals surface area contributed by atoms with Crippen LogP contribution in [0.4, 0.5) is 0 Å². The third-order valence-electron chi connectivity index (χ3n) is 5.01. The van der Waals surface area contributed by atoms with Gasteiger partial charge in [0.2, 0.25) is 0 Å². The topological polar surface area (TPSA) is 40.5 Å². The molecular formula is C23H28O2. The maximum absolute atomic E-state index is 9.67. The number of allylic oxidation sites excluding steroid dienone is 1. The van der Waals surface area contributed by atoms with Gasteiger partial charge >= 0.3 is 0 Å². The molecule has 1 fully saturated rings. The van der Waals surface area contributed by atoms with Crippen LogP contribution in [0, 0.1) is 10.8 Å². The highest BCUT2D eigenvalue weighted by molar-refractivity contribution is 5.82. The Labute approximate surface area is 150 Å². The zero-order valence-electron chi connectivity index (χ0n) is 15.6. The van der Waals surface area contributed by atoms with Crippen molar-refractivity contribution in [1.29, 1.82) is 0 Å². The molecule has 2 N–H and O–H groups in total. The van der Waals surface area contributed by atoms with Crippen LogP contribution >= 0.6 is 0 Å². The molecule has 1 aliphatic rings. The summed E-state index contributed by atoms with van der Waals surface area (Å²) >= 11 is 0. The van der Waals surface area contributed by atoms with Gasteiger partial charge in [-0.15, -0.1) is 0 Å². The lowest BCUT2D eigenvalue weighted by Gasteiger charge is -2.43. The second kappa shape index (κ2) is 6.25. The minimum Gasteiger partial charge on any atom is -0.508 e. The predicted octanol–water partition coefficient (Wildman–Crippen LogP) is 6.14. The van der Waals surface area contributed by atoms with Crippen molar-refractivity contribution < 1.29 is 10.2 Å². The third kappa shape index (κ3) is 4.07. The Balaban J connectivity index is 2.19. The Bertz CT molecular complexity index is 712. The zero-order valence-corrected chi connectivity index (χ0v) is 15.6. The van der Waals surface area contributed by atoms with Gasteiger partial charge in [0.1, 0.15) is 11.5 Å². The minimum absolute atomic E-state index is 0.260. The Kier molecular flexibility index (Phi) is 4.40. The molecule has 3 rings (SSSR count). The van der Waals surface area contributed by atoms with E-state index in [0.29, 0.717) is 0 Å². The van der Waals surface area contributed by atoms with Gasteiger partial charge < -0.3 is 10.2 Å². The Morgan fingerprint density at radius 3 is 1.40 bits per heavy atom. The lowest BCUT2D eigenvalue weighted by Crippen LogP contribution is -2.30. The number of rotatable bonds is 2. The van der Waals surface area contributed by atoms with Crippen LogP contribution in [-0.2, 0) is 0 Å². The fourth-order valence-corrected chi connectivity index (χ4v) is 4.65. The number of aromatic hydroxyl groups is 2. The van der Waals surface area contributed by atoms with E-state index >= 15 is 0 Å². The van der Waals surface area contributed by atoms with E-state index < -0.39 is 0 Å². The van der Waals surface area contributed by atoms with Crippen LogP contribution in [0.15, 0.2) is 54.1 Å². The summed E-state index contributed by atoms with van der Waals surface area (Å²) in [6.45, 7) is 9.39. The highest BCUT2D eigenvalue weighted by Crippen LogP contribution is 2.50. The van der Waals surface area contributed by atoms with Crippen molar-refractivity contribution in [1.82, 2.24) is 0 Å². The van der Waals surface area contributed by atoms with Crippen molar-refractivity contribution in [2.75, 3.05) is 0 Å². The van der Waals surface area contributed by atoms with Crippen LogP contribution < -0.4 is 0 Å². The molecule has 132 valence electrons. The van der Waals surface area contributed by atoms with Crippen LogP contribution in [-0.4, -0.2) is 10.2 Å². The lowest BCUT2D eigenvalue weighted by atomic mass is 9.62. The molecular weight excluding hydrogens is 308 g/mol.